The molecule has 2 rings (SSSR count). The maximum Gasteiger partial charge on any atom is 0.279 e. The fourth-order valence-corrected chi connectivity index (χ4v) is 3.78. The van der Waals surface area contributed by atoms with Crippen LogP contribution in [0.1, 0.15) is 27.1 Å². The zero-order valence-electron chi connectivity index (χ0n) is 14.0. The molecule has 118 valence electrons. The molecule has 4 heteroatoms. The number of likely N-dealkylation sites (N-methyl/N-ethyl adjacent to an activating group) is 1. The molecule has 0 saturated heterocycles. The van der Waals surface area contributed by atoms with Gasteiger partial charge in [0.15, 0.2) is 6.54 Å². The highest BCUT2D eigenvalue weighted by molar-refractivity contribution is 7.10. The van der Waals surface area contributed by atoms with Gasteiger partial charge in [0.1, 0.15) is 6.54 Å². The highest BCUT2D eigenvalue weighted by atomic mass is 32.1. The topological polar surface area (TPSA) is 33.5 Å². The summed E-state index contributed by atoms with van der Waals surface area (Å²) in [5, 5.41) is 5.18. The van der Waals surface area contributed by atoms with Crippen molar-refractivity contribution in [1.82, 2.24) is 0 Å². The molecule has 0 aliphatic rings. The van der Waals surface area contributed by atoms with Crippen molar-refractivity contribution < 1.29 is 9.69 Å². The number of carbonyl (C=O) groups excluding carboxylic acids is 1. The molecule has 0 saturated carbocycles. The van der Waals surface area contributed by atoms with Crippen molar-refractivity contribution in [1.29, 1.82) is 0 Å². The predicted molar refractivity (Wildman–Crippen MR) is 93.8 cm³/mol. The summed E-state index contributed by atoms with van der Waals surface area (Å²) in [5.41, 5.74) is 5.74. The number of thiophene rings is 1. The van der Waals surface area contributed by atoms with Gasteiger partial charge in [-0.25, -0.2) is 0 Å². The first-order chi connectivity index (χ1) is 10.4. The molecule has 0 bridgehead atoms. The van der Waals surface area contributed by atoms with E-state index in [-0.39, 0.29) is 5.91 Å². The molecular formula is C18H25N2OS+. The van der Waals surface area contributed by atoms with Crippen molar-refractivity contribution in [2.45, 2.75) is 34.2 Å². The molecule has 1 aromatic carbocycles. The van der Waals surface area contributed by atoms with E-state index >= 15 is 0 Å². The van der Waals surface area contributed by atoms with Crippen molar-refractivity contribution >= 4 is 22.9 Å². The second kappa shape index (κ2) is 7.07. The highest BCUT2D eigenvalue weighted by Crippen LogP contribution is 2.21. The molecule has 1 atom stereocenters. The summed E-state index contributed by atoms with van der Waals surface area (Å²) in [5.74, 6) is 0.0711. The standard InChI is InChI=1S/C18H24N2OS/c1-12-8-14(3)18(15(4)9-12)19-17(21)11-20(5)10-16-13(2)6-7-22-16/h6-9H,10-11H2,1-5H3,(H,19,21)/p+1. The average molecular weight is 317 g/mol. The van der Waals surface area contributed by atoms with E-state index in [1.807, 2.05) is 13.8 Å². The van der Waals surface area contributed by atoms with Crippen LogP contribution in [0.3, 0.4) is 0 Å². The largest absolute Gasteiger partial charge is 0.325 e. The number of hydrogen-bond donors (Lipinski definition) is 2. The molecule has 0 radical (unpaired) electrons. The summed E-state index contributed by atoms with van der Waals surface area (Å²) in [6.45, 7) is 9.65. The number of quaternary nitrogens is 1. The number of carbonyl (C=O) groups is 1. The van der Waals surface area contributed by atoms with Crippen LogP contribution in [0.15, 0.2) is 23.6 Å². The number of hydrogen-bond acceptors (Lipinski definition) is 2. The Labute approximate surface area is 137 Å². The molecular weight excluding hydrogens is 292 g/mol. The lowest BCUT2D eigenvalue weighted by Gasteiger charge is -2.16. The van der Waals surface area contributed by atoms with Gasteiger partial charge in [0.05, 0.1) is 11.9 Å². The number of rotatable bonds is 5. The minimum atomic E-state index is 0.0711. The van der Waals surface area contributed by atoms with E-state index in [9.17, 15) is 4.79 Å². The summed E-state index contributed by atoms with van der Waals surface area (Å²) < 4.78 is 0. The first kappa shape index (κ1) is 16.7. The van der Waals surface area contributed by atoms with Crippen LogP contribution >= 0.6 is 11.3 Å². The lowest BCUT2D eigenvalue weighted by Crippen LogP contribution is -3.08. The minimum Gasteiger partial charge on any atom is -0.325 e. The Morgan fingerprint density at radius 3 is 2.32 bits per heavy atom. The Morgan fingerprint density at radius 2 is 1.77 bits per heavy atom. The number of aryl methyl sites for hydroxylation is 4. The monoisotopic (exact) mass is 317 g/mol. The predicted octanol–water partition coefficient (Wildman–Crippen LogP) is 2.64. The van der Waals surface area contributed by atoms with E-state index in [0.717, 1.165) is 23.4 Å². The van der Waals surface area contributed by atoms with Gasteiger partial charge in [-0.15, -0.1) is 11.3 Å². The van der Waals surface area contributed by atoms with E-state index in [4.69, 9.17) is 0 Å². The molecule has 0 aliphatic carbocycles. The van der Waals surface area contributed by atoms with Gasteiger partial charge in [0.2, 0.25) is 0 Å². The quantitative estimate of drug-likeness (QED) is 0.873. The van der Waals surface area contributed by atoms with Crippen molar-refractivity contribution in [2.75, 3.05) is 18.9 Å². The molecule has 0 spiro atoms. The highest BCUT2D eigenvalue weighted by Gasteiger charge is 2.14. The van der Waals surface area contributed by atoms with Crippen LogP contribution in [0.4, 0.5) is 5.69 Å². The Hall–Kier alpha value is -1.65. The Balaban J connectivity index is 1.97. The van der Waals surface area contributed by atoms with Gasteiger partial charge in [-0.2, -0.15) is 0 Å². The van der Waals surface area contributed by atoms with Crippen molar-refractivity contribution in [3.05, 3.63) is 50.7 Å². The van der Waals surface area contributed by atoms with E-state index in [2.05, 4.69) is 49.8 Å². The fraction of sp³-hybridized carbons (Fsp3) is 0.389. The molecule has 1 heterocycles. The van der Waals surface area contributed by atoms with Gasteiger partial charge in [0, 0.05) is 5.69 Å². The molecule has 1 aromatic heterocycles. The second-order valence-corrected chi connectivity index (χ2v) is 7.16. The fourth-order valence-electron chi connectivity index (χ4n) is 2.76. The van der Waals surface area contributed by atoms with Gasteiger partial charge in [-0.1, -0.05) is 17.7 Å². The Bertz CT molecular complexity index is 652. The summed E-state index contributed by atoms with van der Waals surface area (Å²) in [7, 11) is 2.06. The molecule has 2 aromatic rings. The van der Waals surface area contributed by atoms with Crippen LogP contribution in [0.2, 0.25) is 0 Å². The first-order valence-corrected chi connectivity index (χ1v) is 8.46. The van der Waals surface area contributed by atoms with Gasteiger partial charge in [0.25, 0.3) is 5.91 Å². The molecule has 0 fully saturated rings. The second-order valence-electron chi connectivity index (χ2n) is 6.16. The maximum absolute atomic E-state index is 12.3. The third kappa shape index (κ3) is 4.18. The summed E-state index contributed by atoms with van der Waals surface area (Å²) in [6.07, 6.45) is 0. The van der Waals surface area contributed by atoms with Crippen molar-refractivity contribution in [3.63, 3.8) is 0 Å². The molecule has 0 aliphatic heterocycles. The van der Waals surface area contributed by atoms with Crippen molar-refractivity contribution in [3.8, 4) is 0 Å². The van der Waals surface area contributed by atoms with Crippen LogP contribution in [0, 0.1) is 27.7 Å². The lowest BCUT2D eigenvalue weighted by atomic mass is 10.1. The van der Waals surface area contributed by atoms with Crippen LogP contribution in [-0.2, 0) is 11.3 Å². The van der Waals surface area contributed by atoms with E-state index in [1.54, 1.807) is 11.3 Å². The van der Waals surface area contributed by atoms with E-state index in [0.29, 0.717) is 6.54 Å². The summed E-state index contributed by atoms with van der Waals surface area (Å²) in [4.78, 5) is 14.9. The van der Waals surface area contributed by atoms with Gasteiger partial charge >= 0.3 is 0 Å². The molecule has 2 N–H and O–H groups in total. The minimum absolute atomic E-state index is 0.0711. The molecule has 22 heavy (non-hydrogen) atoms. The zero-order valence-corrected chi connectivity index (χ0v) is 14.9. The van der Waals surface area contributed by atoms with Crippen LogP contribution in [0.5, 0.6) is 0 Å². The summed E-state index contributed by atoms with van der Waals surface area (Å²) in [6, 6.07) is 6.34. The first-order valence-electron chi connectivity index (χ1n) is 7.58. The van der Waals surface area contributed by atoms with Gasteiger partial charge < -0.3 is 10.2 Å². The van der Waals surface area contributed by atoms with Crippen LogP contribution in [-0.4, -0.2) is 19.5 Å². The zero-order chi connectivity index (χ0) is 16.3. The van der Waals surface area contributed by atoms with Gasteiger partial charge in [-0.05, 0) is 55.8 Å². The van der Waals surface area contributed by atoms with Crippen molar-refractivity contribution in [2.24, 2.45) is 0 Å². The Kier molecular flexibility index (Phi) is 5.37. The third-order valence-electron chi connectivity index (χ3n) is 3.83. The van der Waals surface area contributed by atoms with Crippen LogP contribution in [0.25, 0.3) is 0 Å². The smallest absolute Gasteiger partial charge is 0.279 e. The van der Waals surface area contributed by atoms with Crippen LogP contribution < -0.4 is 10.2 Å². The Morgan fingerprint density at radius 1 is 1.14 bits per heavy atom. The third-order valence-corrected chi connectivity index (χ3v) is 4.86. The SMILES string of the molecule is Cc1cc(C)c(NC(=O)C[NH+](C)Cc2sccc2C)c(C)c1. The normalized spacial score (nSPS) is 12.2. The molecule has 3 nitrogen and oxygen atoms in total. The summed E-state index contributed by atoms with van der Waals surface area (Å²) >= 11 is 1.76. The van der Waals surface area contributed by atoms with E-state index < -0.39 is 0 Å². The number of anilines is 1. The number of amides is 1. The average Bonchev–Trinajstić information content (AvgIpc) is 2.79. The van der Waals surface area contributed by atoms with Gasteiger partial charge in [-0.3, -0.25) is 4.79 Å². The molecule has 1 amide bonds. The number of nitrogens with one attached hydrogen (secondary N) is 2. The molecule has 1 unspecified atom stereocenters. The lowest BCUT2D eigenvalue weighted by molar-refractivity contribution is -0.884. The number of benzene rings is 1. The maximum atomic E-state index is 12.3. The van der Waals surface area contributed by atoms with E-state index in [1.165, 1.54) is 20.9 Å².